The van der Waals surface area contributed by atoms with Crippen molar-refractivity contribution in [3.05, 3.63) is 128 Å². The van der Waals surface area contributed by atoms with Crippen LogP contribution < -0.4 is 36.6 Å². The number of fused-ring (bicyclic) bond motifs is 2. The van der Waals surface area contributed by atoms with Crippen molar-refractivity contribution in [1.82, 2.24) is 20.2 Å². The smallest absolute Gasteiger partial charge is 0.511 e. The summed E-state index contributed by atoms with van der Waals surface area (Å²) in [5, 5.41) is 16.2. The Balaban J connectivity index is 0.866. The number of amides is 2. The lowest BCUT2D eigenvalue weighted by molar-refractivity contribution is -0.438. The Morgan fingerprint density at radius 2 is 1.56 bits per heavy atom. The molecule has 410 valence electrons. The van der Waals surface area contributed by atoms with Crippen LogP contribution in [0, 0.1) is 0 Å². The number of hydrogen-bond acceptors (Lipinski definition) is 16. The third-order valence-electron chi connectivity index (χ3n) is 13.4. The number of carbonyl (C=O) groups excluding carboxylic acids is 2. The zero-order chi connectivity index (χ0) is 54.8. The summed E-state index contributed by atoms with van der Waals surface area (Å²) in [5.74, 6) is -0.485. The molecule has 3 aliphatic rings. The van der Waals surface area contributed by atoms with Gasteiger partial charge in [-0.2, -0.15) is 19.3 Å². The molecule has 22 nitrogen and oxygen atoms in total. The number of nitrogens with zero attached hydrogens (tertiary/aromatic N) is 3. The number of phosphoric ester groups is 1. The molecule has 2 amide bonds. The highest BCUT2D eigenvalue weighted by Crippen LogP contribution is 2.69. The summed E-state index contributed by atoms with van der Waals surface area (Å²) in [5.41, 5.74) is 5.51. The summed E-state index contributed by atoms with van der Waals surface area (Å²) in [4.78, 5) is 114. The molecule has 0 radical (unpaired) electrons. The average molecular weight is 1100 g/mol. The third kappa shape index (κ3) is 16.0. The molecule has 3 aromatic rings. The number of unbranched alkanes of at least 4 members (excludes halogenated alkanes) is 5. The number of benzene rings is 2. The van der Waals surface area contributed by atoms with Crippen molar-refractivity contribution in [1.29, 1.82) is 0 Å². The lowest BCUT2D eigenvalue weighted by Gasteiger charge is -2.25. The van der Waals surface area contributed by atoms with Gasteiger partial charge in [0.25, 0.3) is 5.56 Å². The molecule has 25 heteroatoms. The molecule has 0 spiro atoms. The quantitative estimate of drug-likeness (QED) is 0.0230. The number of aliphatic hydroxyl groups is 1. The number of rotatable bonds is 27. The Morgan fingerprint density at radius 1 is 0.907 bits per heavy atom. The first kappa shape index (κ1) is 59.6. The second-order valence-electron chi connectivity index (χ2n) is 19.6. The maximum absolute atomic E-state index is 12.7. The van der Waals surface area contributed by atoms with Crippen LogP contribution >= 0.6 is 24.2 Å². The molecule has 75 heavy (non-hydrogen) atoms. The Labute approximate surface area is 437 Å². The monoisotopic (exact) mass is 1100 g/mol. The number of aromatic amines is 1. The summed E-state index contributed by atoms with van der Waals surface area (Å²) in [7, 11) is -16.9. The number of likely N-dealkylation sites (N-methyl/N-ethyl adjacent to an activating group) is 1. The minimum absolute atomic E-state index is 0.0153. The van der Waals surface area contributed by atoms with Crippen molar-refractivity contribution in [2.45, 2.75) is 128 Å². The molecule has 6 rings (SSSR count). The SMILES string of the molecule is CCN1C(=CC=CC=CC2=[N+](CCCCCC(=O)NCCCCCCNC(=O)Cc3cn([C@H]4C[C@H](O)[C@@H](COP(=O)(O)O[P+]([O-])(O)O[P+]([O-])(O)O)O4)c(=O)[nH]c3=O)c3ccccc3C2(C)C)C(C)(C)c2ccccc21. The number of para-hydroxylation sites is 2. The zero-order valence-electron chi connectivity index (χ0n) is 42.8. The van der Waals surface area contributed by atoms with Crippen molar-refractivity contribution in [3.8, 4) is 0 Å². The number of aliphatic hydroxyl groups excluding tert-OH is 1. The molecule has 5 atom stereocenters. The molecule has 3 aliphatic heterocycles. The van der Waals surface area contributed by atoms with E-state index in [1.54, 1.807) is 0 Å². The van der Waals surface area contributed by atoms with Crippen molar-refractivity contribution in [2.24, 2.45) is 0 Å². The molecule has 1 aromatic heterocycles. The molecule has 8 N–H and O–H groups in total. The number of ether oxygens (including phenoxy) is 1. The molecule has 0 bridgehead atoms. The average Bonchev–Trinajstić information content (AvgIpc) is 3.88. The number of aromatic nitrogens is 2. The van der Waals surface area contributed by atoms with E-state index in [1.165, 1.54) is 33.9 Å². The lowest BCUT2D eigenvalue weighted by atomic mass is 9.81. The van der Waals surface area contributed by atoms with Crippen molar-refractivity contribution >= 4 is 53.1 Å². The van der Waals surface area contributed by atoms with Gasteiger partial charge in [-0.05, 0) is 64.2 Å². The first-order valence-corrected chi connectivity index (χ1v) is 29.5. The van der Waals surface area contributed by atoms with Crippen LogP contribution in [0.4, 0.5) is 11.4 Å². The van der Waals surface area contributed by atoms with E-state index < -0.39 is 72.8 Å². The van der Waals surface area contributed by atoms with E-state index in [0.717, 1.165) is 62.4 Å². The summed E-state index contributed by atoms with van der Waals surface area (Å²) >= 11 is 0. The Hall–Kier alpha value is -4.60. The fraction of sp³-hybridized carbons (Fsp3) is 0.500. The number of carbonyl (C=O) groups is 2. The van der Waals surface area contributed by atoms with Gasteiger partial charge in [-0.1, -0.05) is 85.6 Å². The van der Waals surface area contributed by atoms with Crippen molar-refractivity contribution < 1.29 is 71.1 Å². The van der Waals surface area contributed by atoms with Crippen molar-refractivity contribution in [2.75, 3.05) is 37.7 Å². The summed E-state index contributed by atoms with van der Waals surface area (Å²) in [6.45, 7) is 12.9. The van der Waals surface area contributed by atoms with Gasteiger partial charge in [-0.3, -0.25) is 28.5 Å². The molecule has 2 aromatic carbocycles. The fourth-order valence-electron chi connectivity index (χ4n) is 9.71. The highest BCUT2D eigenvalue weighted by Gasteiger charge is 2.51. The molecular formula is C50H70N6O16P3+. The normalized spacial score (nSPS) is 21.2. The van der Waals surface area contributed by atoms with E-state index >= 15 is 0 Å². The van der Waals surface area contributed by atoms with Crippen molar-refractivity contribution in [3.63, 3.8) is 0 Å². The van der Waals surface area contributed by atoms with Gasteiger partial charge in [0.15, 0.2) is 5.71 Å². The van der Waals surface area contributed by atoms with Crippen LogP contribution in [0.1, 0.15) is 115 Å². The second kappa shape index (κ2) is 25.7. The van der Waals surface area contributed by atoms with Crippen LogP contribution in [-0.2, 0) is 49.3 Å². The predicted molar refractivity (Wildman–Crippen MR) is 279 cm³/mol. The van der Waals surface area contributed by atoms with E-state index in [9.17, 15) is 48.4 Å². The molecule has 2 unspecified atom stereocenters. The van der Waals surface area contributed by atoms with Crippen LogP contribution in [-0.4, -0.2) is 101 Å². The number of allylic oxidation sites excluding steroid dienone is 6. The van der Waals surface area contributed by atoms with Crippen LogP contribution in [0.2, 0.25) is 0 Å². The van der Waals surface area contributed by atoms with E-state index in [2.05, 4.69) is 152 Å². The van der Waals surface area contributed by atoms with E-state index in [1.807, 2.05) is 0 Å². The van der Waals surface area contributed by atoms with E-state index in [4.69, 9.17) is 14.5 Å². The largest absolute Gasteiger partial charge is 0.603 e. The molecule has 1 fully saturated rings. The van der Waals surface area contributed by atoms with E-state index in [-0.39, 0.29) is 28.7 Å². The Bertz CT molecular complexity index is 2800. The van der Waals surface area contributed by atoms with Gasteiger partial charge >= 0.3 is 29.9 Å². The standard InChI is InChI=1S/C50H69N6O16P3/c1-6-54-38-23-16-14-21-36(38)49(2,3)42(54)25-11-9-12-26-43-50(4,5)37-22-15-17-24-39(37)55(43)30-20-10-13-27-44(58)51-28-18-7-8-19-29-52-45(59)31-35-33-56(48(61)53-47(35)60)46-32-40(57)41(70-46)34-69-74(65,66)72-75(67,68)71-73(62,63)64/h9,11-12,14-17,21-26,33,40-41,46,57H,6-8,10,13,18-20,27-32,34H2,1-5H3,(H6-,51,52,53,58,59,60,61,62,63,64,65,66,67,68)/p+1/t40-,41+,46+/m0/s1. The Morgan fingerprint density at radius 3 is 2.25 bits per heavy atom. The molecule has 1 saturated heterocycles. The summed E-state index contributed by atoms with van der Waals surface area (Å²) in [6, 6.07) is 17.2. The Kier molecular flexibility index (Phi) is 20.4. The van der Waals surface area contributed by atoms with Gasteiger partial charge in [0.1, 0.15) is 18.9 Å². The minimum atomic E-state index is -5.78. The topological polar surface area (TPSA) is 321 Å². The molecule has 0 aliphatic carbocycles. The third-order valence-corrected chi connectivity index (χ3v) is 17.2. The zero-order valence-corrected chi connectivity index (χ0v) is 45.5. The number of phosphoric acid groups is 3. The number of nitrogens with one attached hydrogen (secondary N) is 3. The van der Waals surface area contributed by atoms with Crippen LogP contribution in [0.5, 0.6) is 0 Å². The van der Waals surface area contributed by atoms with Gasteiger partial charge in [0.2, 0.25) is 17.5 Å². The van der Waals surface area contributed by atoms with Crippen LogP contribution in [0.3, 0.4) is 0 Å². The highest BCUT2D eigenvalue weighted by atomic mass is 31.3. The summed E-state index contributed by atoms with van der Waals surface area (Å²) in [6.07, 6.45) is 13.1. The number of H-pyrrole nitrogens is 1. The van der Waals surface area contributed by atoms with Gasteiger partial charge in [0.05, 0.1) is 24.5 Å². The maximum Gasteiger partial charge on any atom is 0.511 e. The summed E-state index contributed by atoms with van der Waals surface area (Å²) < 4.78 is 32.7. The molecule has 0 saturated carbocycles. The minimum Gasteiger partial charge on any atom is -0.603 e. The van der Waals surface area contributed by atoms with Gasteiger partial charge in [0, 0.05) is 89.5 Å². The van der Waals surface area contributed by atoms with Gasteiger partial charge in [-0.25, -0.2) is 9.36 Å². The first-order valence-electron chi connectivity index (χ1n) is 25.0. The first-order chi connectivity index (χ1) is 35.3. The van der Waals surface area contributed by atoms with Crippen LogP contribution in [0.25, 0.3) is 0 Å². The number of hydrogen-bond donors (Lipinski definition) is 8. The number of anilines is 1. The van der Waals surface area contributed by atoms with E-state index in [0.29, 0.717) is 25.9 Å². The highest BCUT2D eigenvalue weighted by molar-refractivity contribution is 7.70. The van der Waals surface area contributed by atoms with Gasteiger partial charge in [-0.15, -0.1) is 0 Å². The predicted octanol–water partition coefficient (Wildman–Crippen LogP) is 4.17. The van der Waals surface area contributed by atoms with Crippen LogP contribution in [0.15, 0.2) is 100 Å². The van der Waals surface area contributed by atoms with Gasteiger partial charge < -0.3 is 40.1 Å². The fourth-order valence-corrected chi connectivity index (χ4v) is 12.7. The lowest BCUT2D eigenvalue weighted by Crippen LogP contribution is -2.36. The second-order valence-corrected chi connectivity index (χ2v) is 24.0. The maximum atomic E-state index is 12.7. The molecular weight excluding hydrogens is 1030 g/mol. The molecule has 4 heterocycles.